The van der Waals surface area contributed by atoms with Crippen molar-refractivity contribution in [3.8, 4) is 0 Å². The van der Waals surface area contributed by atoms with Gasteiger partial charge in [-0.3, -0.25) is 4.79 Å². The molecule has 6 nitrogen and oxygen atoms in total. The van der Waals surface area contributed by atoms with Crippen LogP contribution in [-0.4, -0.2) is 21.0 Å². The van der Waals surface area contributed by atoms with Crippen molar-refractivity contribution in [3.63, 3.8) is 0 Å². The summed E-state index contributed by atoms with van der Waals surface area (Å²) in [5, 5.41) is 14.1. The Balaban J connectivity index is 1.72. The summed E-state index contributed by atoms with van der Waals surface area (Å²) in [6, 6.07) is 12.5. The lowest BCUT2D eigenvalue weighted by atomic mass is 10.1. The first-order valence-corrected chi connectivity index (χ1v) is 8.89. The molecule has 8 heteroatoms. The van der Waals surface area contributed by atoms with Crippen LogP contribution in [0.4, 0.5) is 5.13 Å². The highest BCUT2D eigenvalue weighted by Gasteiger charge is 2.13. The average molecular weight is 386 g/mol. The van der Waals surface area contributed by atoms with E-state index in [1.165, 1.54) is 17.4 Å². The van der Waals surface area contributed by atoms with Gasteiger partial charge in [0.15, 0.2) is 5.13 Å². The summed E-state index contributed by atoms with van der Waals surface area (Å²) < 4.78 is 1.07. The number of carboxylic acids is 1. The zero-order valence-corrected chi connectivity index (χ0v) is 14.8. The number of H-pyrrole nitrogens is 1. The summed E-state index contributed by atoms with van der Waals surface area (Å²) in [5.41, 5.74) is 1.26. The number of para-hydroxylation sites is 1. The zero-order chi connectivity index (χ0) is 18.3. The number of fused-ring (bicyclic) bond motifs is 2. The smallest absolute Gasteiger partial charge is 0.341 e. The third kappa shape index (κ3) is 3.02. The molecule has 0 saturated heterocycles. The van der Waals surface area contributed by atoms with Gasteiger partial charge in [0.1, 0.15) is 5.56 Å². The van der Waals surface area contributed by atoms with Crippen LogP contribution in [-0.2, 0) is 6.54 Å². The Labute approximate surface area is 156 Å². The number of carboxylic acid groups (broad SMARTS) is 1. The van der Waals surface area contributed by atoms with E-state index in [9.17, 15) is 9.59 Å². The summed E-state index contributed by atoms with van der Waals surface area (Å²) in [6.07, 6.45) is 0. The fraction of sp³-hybridized carbons (Fsp3) is 0.0556. The number of hydrogen-bond acceptors (Lipinski definition) is 5. The van der Waals surface area contributed by atoms with Gasteiger partial charge < -0.3 is 15.4 Å². The van der Waals surface area contributed by atoms with Gasteiger partial charge >= 0.3 is 5.97 Å². The van der Waals surface area contributed by atoms with E-state index < -0.39 is 11.5 Å². The Bertz CT molecular complexity index is 1180. The molecule has 2 aromatic carbocycles. The molecular weight excluding hydrogens is 374 g/mol. The van der Waals surface area contributed by atoms with Crippen molar-refractivity contribution in [2.24, 2.45) is 0 Å². The summed E-state index contributed by atoms with van der Waals surface area (Å²) in [5.74, 6) is -1.28. The zero-order valence-electron chi connectivity index (χ0n) is 13.2. The lowest BCUT2D eigenvalue weighted by Gasteiger charge is -2.09. The third-order valence-corrected chi connectivity index (χ3v) is 5.16. The summed E-state index contributed by atoms with van der Waals surface area (Å²) >= 11 is 7.69. The lowest BCUT2D eigenvalue weighted by molar-refractivity contribution is 0.0695. The number of aromatic carboxylic acids is 1. The number of aromatic amines is 1. The Hall–Kier alpha value is -2.90. The molecule has 0 atom stereocenters. The van der Waals surface area contributed by atoms with Gasteiger partial charge in [-0.05, 0) is 35.9 Å². The van der Waals surface area contributed by atoms with Gasteiger partial charge in [0.05, 0.1) is 15.7 Å². The van der Waals surface area contributed by atoms with Crippen LogP contribution in [0.15, 0.2) is 47.3 Å². The van der Waals surface area contributed by atoms with Gasteiger partial charge in [-0.25, -0.2) is 9.78 Å². The minimum absolute atomic E-state index is 0.315. The van der Waals surface area contributed by atoms with E-state index >= 15 is 0 Å². The second kappa shape index (κ2) is 6.44. The number of rotatable bonds is 4. The molecule has 0 fully saturated rings. The van der Waals surface area contributed by atoms with Crippen molar-refractivity contribution in [1.82, 2.24) is 9.97 Å². The van der Waals surface area contributed by atoms with Gasteiger partial charge in [-0.15, -0.1) is 0 Å². The van der Waals surface area contributed by atoms with Crippen molar-refractivity contribution in [2.45, 2.75) is 6.54 Å². The van der Waals surface area contributed by atoms with E-state index in [-0.39, 0.29) is 5.56 Å². The molecule has 0 bridgehead atoms. The number of benzene rings is 2. The van der Waals surface area contributed by atoms with Gasteiger partial charge in [0.2, 0.25) is 0 Å². The van der Waals surface area contributed by atoms with E-state index in [1.54, 1.807) is 12.1 Å². The van der Waals surface area contributed by atoms with Crippen LogP contribution in [0.5, 0.6) is 0 Å². The van der Waals surface area contributed by atoms with Crippen LogP contribution < -0.4 is 10.9 Å². The highest BCUT2D eigenvalue weighted by molar-refractivity contribution is 7.22. The normalized spacial score (nSPS) is 11.1. The number of anilines is 1. The second-order valence-corrected chi connectivity index (χ2v) is 7.15. The van der Waals surface area contributed by atoms with E-state index in [2.05, 4.69) is 15.3 Å². The molecule has 2 heterocycles. The second-order valence-electron chi connectivity index (χ2n) is 5.69. The van der Waals surface area contributed by atoms with Gasteiger partial charge in [-0.2, -0.15) is 0 Å². The molecule has 0 aliphatic rings. The van der Waals surface area contributed by atoms with Crippen LogP contribution in [0, 0.1) is 0 Å². The van der Waals surface area contributed by atoms with Crippen LogP contribution in [0.25, 0.3) is 21.1 Å². The number of carbonyl (C=O) groups is 1. The summed E-state index contributed by atoms with van der Waals surface area (Å²) in [4.78, 5) is 30.3. The lowest BCUT2D eigenvalue weighted by Crippen LogP contribution is -2.17. The molecule has 0 amide bonds. The maximum Gasteiger partial charge on any atom is 0.341 e. The van der Waals surface area contributed by atoms with Crippen LogP contribution in [0.1, 0.15) is 15.9 Å². The standard InChI is InChI=1S/C18H12ClN3O3S/c19-11-5-9-7-12(17(24)25)16(23)22-15(9)10(6-11)8-20-18-21-13-3-1-2-4-14(13)26-18/h1-7H,8H2,(H,20,21)(H,22,23)(H,24,25). The molecule has 4 rings (SSSR count). The first-order chi connectivity index (χ1) is 12.5. The highest BCUT2D eigenvalue weighted by atomic mass is 35.5. The molecule has 0 aliphatic carbocycles. The van der Waals surface area contributed by atoms with Crippen molar-refractivity contribution < 1.29 is 9.90 Å². The fourth-order valence-corrected chi connectivity index (χ4v) is 3.88. The van der Waals surface area contributed by atoms with E-state index in [4.69, 9.17) is 16.7 Å². The predicted octanol–water partition coefficient (Wildman–Crippen LogP) is 4.10. The number of aromatic nitrogens is 2. The maximum atomic E-state index is 12.0. The molecule has 0 radical (unpaired) electrons. The van der Waals surface area contributed by atoms with Crippen LogP contribution in [0.3, 0.4) is 0 Å². The topological polar surface area (TPSA) is 95.1 Å². The Morgan fingerprint density at radius 3 is 2.85 bits per heavy atom. The van der Waals surface area contributed by atoms with Crippen molar-refractivity contribution >= 4 is 55.2 Å². The van der Waals surface area contributed by atoms with Crippen molar-refractivity contribution in [2.75, 3.05) is 5.32 Å². The first-order valence-electron chi connectivity index (χ1n) is 7.69. The quantitative estimate of drug-likeness (QED) is 0.491. The minimum Gasteiger partial charge on any atom is -0.477 e. The molecule has 3 N–H and O–H groups in total. The maximum absolute atomic E-state index is 12.0. The number of pyridine rings is 1. The number of thiazole rings is 1. The van der Waals surface area contributed by atoms with Gasteiger partial charge in [-0.1, -0.05) is 35.1 Å². The molecule has 0 unspecified atom stereocenters. The number of nitrogens with one attached hydrogen (secondary N) is 2. The SMILES string of the molecule is O=C(O)c1cc2cc(Cl)cc(CNc3nc4ccccc4s3)c2[nH]c1=O. The molecule has 26 heavy (non-hydrogen) atoms. The summed E-state index contributed by atoms with van der Waals surface area (Å²) in [7, 11) is 0. The molecule has 4 aromatic rings. The predicted molar refractivity (Wildman–Crippen MR) is 103 cm³/mol. The van der Waals surface area contributed by atoms with Crippen molar-refractivity contribution in [3.05, 3.63) is 69.0 Å². The number of hydrogen-bond donors (Lipinski definition) is 3. The molecule has 130 valence electrons. The monoisotopic (exact) mass is 385 g/mol. The van der Waals surface area contributed by atoms with Crippen LogP contribution in [0.2, 0.25) is 5.02 Å². The molecule has 2 aromatic heterocycles. The van der Waals surface area contributed by atoms with Crippen LogP contribution >= 0.6 is 22.9 Å². The Kier molecular flexibility index (Phi) is 4.10. The van der Waals surface area contributed by atoms with E-state index in [1.807, 2.05) is 24.3 Å². The van der Waals surface area contributed by atoms with E-state index in [0.29, 0.717) is 22.5 Å². The van der Waals surface area contributed by atoms with Crippen molar-refractivity contribution in [1.29, 1.82) is 0 Å². The van der Waals surface area contributed by atoms with Gasteiger partial charge in [0.25, 0.3) is 5.56 Å². The largest absolute Gasteiger partial charge is 0.477 e. The highest BCUT2D eigenvalue weighted by Crippen LogP contribution is 2.27. The number of nitrogens with zero attached hydrogens (tertiary/aromatic N) is 1. The Morgan fingerprint density at radius 1 is 1.27 bits per heavy atom. The first kappa shape index (κ1) is 16.6. The molecule has 0 aliphatic heterocycles. The Morgan fingerprint density at radius 2 is 2.08 bits per heavy atom. The summed E-state index contributed by atoms with van der Waals surface area (Å²) in [6.45, 7) is 0.388. The minimum atomic E-state index is -1.28. The average Bonchev–Trinajstić information content (AvgIpc) is 3.02. The molecular formula is C18H12ClN3O3S. The number of halogens is 1. The molecule has 0 spiro atoms. The third-order valence-electron chi connectivity index (χ3n) is 3.95. The van der Waals surface area contributed by atoms with E-state index in [0.717, 1.165) is 20.9 Å². The van der Waals surface area contributed by atoms with Gasteiger partial charge in [0, 0.05) is 17.0 Å². The fourth-order valence-electron chi connectivity index (χ4n) is 2.77. The molecule has 0 saturated carbocycles.